The van der Waals surface area contributed by atoms with Gasteiger partial charge >= 0.3 is 5.97 Å². The summed E-state index contributed by atoms with van der Waals surface area (Å²) in [5, 5.41) is 8.83. The van der Waals surface area contributed by atoms with Gasteiger partial charge in [-0.05, 0) is 6.42 Å². The molecule has 0 spiro atoms. The van der Waals surface area contributed by atoms with Crippen LogP contribution in [0.2, 0.25) is 0 Å². The zero-order valence-corrected chi connectivity index (χ0v) is 7.17. The first kappa shape index (κ1) is 8.00. The molecule has 0 radical (unpaired) electrons. The predicted octanol–water partition coefficient (Wildman–Crippen LogP) is -0.893. The summed E-state index contributed by atoms with van der Waals surface area (Å²) < 4.78 is 23.7. The summed E-state index contributed by atoms with van der Waals surface area (Å²) in [5.74, 6) is -1.19. The number of carbonyl (C=O) groups is 1. The molecule has 0 aliphatic carbocycles. The summed E-state index contributed by atoms with van der Waals surface area (Å²) in [7, 11) is -3.24. The van der Waals surface area contributed by atoms with Gasteiger partial charge in [0.25, 0.3) is 0 Å². The van der Waals surface area contributed by atoms with Gasteiger partial charge in [0.1, 0.15) is 0 Å². The molecule has 2 aliphatic rings. The van der Waals surface area contributed by atoms with Crippen molar-refractivity contribution >= 4 is 16.0 Å². The van der Waals surface area contributed by atoms with E-state index in [4.69, 9.17) is 5.11 Å². The van der Waals surface area contributed by atoms with Crippen LogP contribution in [0.5, 0.6) is 0 Å². The molecule has 2 atom stereocenters. The van der Waals surface area contributed by atoms with Crippen molar-refractivity contribution in [3.8, 4) is 0 Å². The fourth-order valence-corrected chi connectivity index (χ4v) is 3.92. The Balaban J connectivity index is 2.42. The van der Waals surface area contributed by atoms with Crippen LogP contribution in [0.1, 0.15) is 6.42 Å². The largest absolute Gasteiger partial charge is 0.481 e. The molecule has 2 heterocycles. The smallest absolute Gasteiger partial charge is 0.312 e. The highest BCUT2D eigenvalue weighted by Gasteiger charge is 2.57. The minimum absolute atomic E-state index is 0.171. The van der Waals surface area contributed by atoms with Crippen molar-refractivity contribution in [2.24, 2.45) is 5.41 Å². The average molecular weight is 191 g/mol. The first-order valence-corrected chi connectivity index (χ1v) is 5.28. The number of rotatable bonds is 1. The number of carboxylic acid groups (broad SMARTS) is 1. The van der Waals surface area contributed by atoms with Crippen molar-refractivity contribution in [2.45, 2.75) is 6.42 Å². The van der Waals surface area contributed by atoms with Gasteiger partial charge in [-0.15, -0.1) is 0 Å². The number of hydrogen-bond acceptors (Lipinski definition) is 3. The molecule has 0 saturated carbocycles. The van der Waals surface area contributed by atoms with Crippen molar-refractivity contribution in [1.29, 1.82) is 0 Å². The summed E-state index contributed by atoms with van der Waals surface area (Å²) in [6.45, 7) is 0.541. The van der Waals surface area contributed by atoms with E-state index in [0.29, 0.717) is 13.0 Å². The van der Waals surface area contributed by atoms with Crippen molar-refractivity contribution < 1.29 is 18.3 Å². The van der Waals surface area contributed by atoms with E-state index in [1.54, 1.807) is 0 Å². The van der Waals surface area contributed by atoms with Crippen LogP contribution in [-0.2, 0) is 14.8 Å². The maximum absolute atomic E-state index is 11.2. The lowest BCUT2D eigenvalue weighted by molar-refractivity contribution is -0.146. The van der Waals surface area contributed by atoms with Crippen molar-refractivity contribution in [3.63, 3.8) is 0 Å². The Kier molecular flexibility index (Phi) is 1.33. The van der Waals surface area contributed by atoms with Gasteiger partial charge < -0.3 is 5.11 Å². The van der Waals surface area contributed by atoms with E-state index in [-0.39, 0.29) is 12.3 Å². The minimum Gasteiger partial charge on any atom is -0.481 e. The predicted molar refractivity (Wildman–Crippen MR) is 40.0 cm³/mol. The molecule has 2 saturated heterocycles. The van der Waals surface area contributed by atoms with Gasteiger partial charge in [-0.2, -0.15) is 0 Å². The minimum atomic E-state index is -3.24. The highest BCUT2D eigenvalue weighted by Crippen LogP contribution is 2.41. The molecule has 0 aromatic rings. The van der Waals surface area contributed by atoms with Crippen LogP contribution < -0.4 is 0 Å². The van der Waals surface area contributed by atoms with Crippen LogP contribution in [0.15, 0.2) is 0 Å². The lowest BCUT2D eigenvalue weighted by atomic mass is 9.90. The number of hydrogen-bond donors (Lipinski definition) is 1. The lowest BCUT2D eigenvalue weighted by Crippen LogP contribution is -2.35. The molecule has 5 nitrogen and oxygen atoms in total. The van der Waals surface area contributed by atoms with Gasteiger partial charge in [-0.25, -0.2) is 12.7 Å². The van der Waals surface area contributed by atoms with E-state index in [1.807, 2.05) is 0 Å². The third-order valence-corrected chi connectivity index (χ3v) is 4.64. The topological polar surface area (TPSA) is 74.7 Å². The van der Waals surface area contributed by atoms with E-state index >= 15 is 0 Å². The van der Waals surface area contributed by atoms with Gasteiger partial charge in [-0.3, -0.25) is 4.79 Å². The first-order valence-electron chi connectivity index (χ1n) is 3.68. The molecular formula is C6H9NO4S. The van der Waals surface area contributed by atoms with Crippen molar-refractivity contribution in [1.82, 2.24) is 4.31 Å². The Labute approximate surface area is 70.0 Å². The van der Waals surface area contributed by atoms with Gasteiger partial charge in [0.2, 0.25) is 10.0 Å². The maximum Gasteiger partial charge on any atom is 0.312 e. The van der Waals surface area contributed by atoms with Crippen LogP contribution in [0.4, 0.5) is 0 Å². The van der Waals surface area contributed by atoms with Crippen molar-refractivity contribution in [2.75, 3.05) is 18.8 Å². The number of aliphatic carboxylic acids is 1. The standard InChI is InChI=1S/C6H9NO4S/c8-5(9)6-1-2-7(3-6)12(10,11)4-6/h1-4H2,(H,8,9). The van der Waals surface area contributed by atoms with Crippen LogP contribution in [-0.4, -0.2) is 42.6 Å². The SMILES string of the molecule is O=C(O)C12CCN(C1)S(=O)(=O)C2. The Hall–Kier alpha value is -0.620. The second-order valence-electron chi connectivity index (χ2n) is 3.43. The van der Waals surface area contributed by atoms with E-state index in [2.05, 4.69) is 0 Å². The summed E-state index contributed by atoms with van der Waals surface area (Å²) in [6, 6.07) is 0. The Bertz CT molecular complexity index is 335. The fraction of sp³-hybridized carbons (Fsp3) is 0.833. The average Bonchev–Trinajstić information content (AvgIpc) is 2.41. The monoisotopic (exact) mass is 191 g/mol. The van der Waals surface area contributed by atoms with E-state index < -0.39 is 21.4 Å². The molecule has 68 valence electrons. The van der Waals surface area contributed by atoms with Crippen LogP contribution >= 0.6 is 0 Å². The van der Waals surface area contributed by atoms with E-state index in [1.165, 1.54) is 4.31 Å². The molecule has 2 bridgehead atoms. The Morgan fingerprint density at radius 1 is 1.50 bits per heavy atom. The molecule has 2 unspecified atom stereocenters. The molecule has 2 aliphatic heterocycles. The van der Waals surface area contributed by atoms with Crippen LogP contribution in [0.3, 0.4) is 0 Å². The molecule has 1 N–H and O–H groups in total. The molecule has 2 rings (SSSR count). The number of sulfonamides is 1. The zero-order chi connectivity index (χ0) is 8.98. The summed E-state index contributed by atoms with van der Waals surface area (Å²) >= 11 is 0. The quantitative estimate of drug-likeness (QED) is 0.583. The van der Waals surface area contributed by atoms with Gasteiger partial charge in [0, 0.05) is 13.1 Å². The van der Waals surface area contributed by atoms with E-state index in [0.717, 1.165) is 0 Å². The second kappa shape index (κ2) is 2.00. The van der Waals surface area contributed by atoms with Crippen LogP contribution in [0.25, 0.3) is 0 Å². The fourth-order valence-electron chi connectivity index (χ4n) is 1.87. The van der Waals surface area contributed by atoms with Crippen molar-refractivity contribution in [3.05, 3.63) is 0 Å². The van der Waals surface area contributed by atoms with Gasteiger partial charge in [0.05, 0.1) is 11.2 Å². The highest BCUT2D eigenvalue weighted by molar-refractivity contribution is 7.89. The molecule has 0 aromatic carbocycles. The third-order valence-electron chi connectivity index (χ3n) is 2.62. The molecular weight excluding hydrogens is 182 g/mol. The second-order valence-corrected chi connectivity index (χ2v) is 5.39. The van der Waals surface area contributed by atoms with Gasteiger partial charge in [0.15, 0.2) is 0 Å². The van der Waals surface area contributed by atoms with E-state index in [9.17, 15) is 13.2 Å². The maximum atomic E-state index is 11.2. The van der Waals surface area contributed by atoms with Crippen LogP contribution in [0, 0.1) is 5.41 Å². The number of nitrogens with zero attached hydrogens (tertiary/aromatic N) is 1. The third kappa shape index (κ3) is 0.818. The van der Waals surface area contributed by atoms with Gasteiger partial charge in [-0.1, -0.05) is 0 Å². The lowest BCUT2D eigenvalue weighted by Gasteiger charge is -2.18. The molecule has 0 amide bonds. The zero-order valence-electron chi connectivity index (χ0n) is 6.36. The normalized spacial score (nSPS) is 43.2. The Morgan fingerprint density at radius 2 is 2.17 bits per heavy atom. The molecule has 0 aromatic heterocycles. The molecule has 2 fully saturated rings. The number of fused-ring (bicyclic) bond motifs is 2. The summed E-state index contributed by atoms with van der Waals surface area (Å²) in [6.07, 6.45) is 0.460. The first-order chi connectivity index (χ1) is 5.46. The molecule has 12 heavy (non-hydrogen) atoms. The summed E-state index contributed by atoms with van der Waals surface area (Å²) in [5.41, 5.74) is -1.00. The summed E-state index contributed by atoms with van der Waals surface area (Å²) in [4.78, 5) is 10.8. The highest BCUT2D eigenvalue weighted by atomic mass is 32.2. The number of carboxylic acids is 1. The Morgan fingerprint density at radius 3 is 2.42 bits per heavy atom. The molecule has 6 heteroatoms.